The van der Waals surface area contributed by atoms with Gasteiger partial charge in [0.2, 0.25) is 0 Å². The summed E-state index contributed by atoms with van der Waals surface area (Å²) in [7, 11) is 1.61. The molecule has 98 valence electrons. The Morgan fingerprint density at radius 3 is 3.06 bits per heavy atom. The smallest absolute Gasteiger partial charge is 0.253 e. The van der Waals surface area contributed by atoms with Crippen molar-refractivity contribution in [3.8, 4) is 0 Å². The molecule has 1 aliphatic heterocycles. The molecule has 5 nitrogen and oxygen atoms in total. The van der Waals surface area contributed by atoms with Crippen LogP contribution in [0.4, 0.5) is 11.4 Å². The molecule has 0 aliphatic carbocycles. The lowest BCUT2D eigenvalue weighted by Crippen LogP contribution is -2.23. The number of nitrogens with one attached hydrogen (secondary N) is 2. The SMILES string of the molecule is CNC(=O)c1cc(N)ccc1NCC1CCCO1. The van der Waals surface area contributed by atoms with E-state index in [0.717, 1.165) is 25.1 Å². The molecule has 0 radical (unpaired) electrons. The zero-order valence-corrected chi connectivity index (χ0v) is 10.5. The van der Waals surface area contributed by atoms with Crippen molar-refractivity contribution in [3.63, 3.8) is 0 Å². The quantitative estimate of drug-likeness (QED) is 0.701. The van der Waals surface area contributed by atoms with Crippen LogP contribution in [0.5, 0.6) is 0 Å². The second-order valence-electron chi connectivity index (χ2n) is 4.40. The molecule has 1 fully saturated rings. The number of benzene rings is 1. The molecule has 1 atom stereocenters. The van der Waals surface area contributed by atoms with E-state index < -0.39 is 0 Å². The maximum absolute atomic E-state index is 11.7. The molecular weight excluding hydrogens is 230 g/mol. The predicted octanol–water partition coefficient (Wildman–Crippen LogP) is 1.22. The second-order valence-corrected chi connectivity index (χ2v) is 4.40. The fraction of sp³-hybridized carbons (Fsp3) is 0.462. The second kappa shape index (κ2) is 5.73. The molecule has 2 rings (SSSR count). The molecule has 1 aromatic carbocycles. The summed E-state index contributed by atoms with van der Waals surface area (Å²) in [6, 6.07) is 5.29. The van der Waals surface area contributed by atoms with Crippen LogP contribution in [0.2, 0.25) is 0 Å². The Labute approximate surface area is 107 Å². The Bertz CT molecular complexity index is 428. The van der Waals surface area contributed by atoms with E-state index in [0.29, 0.717) is 17.8 Å². The Balaban J connectivity index is 2.08. The minimum Gasteiger partial charge on any atom is -0.399 e. The molecule has 0 saturated carbocycles. The summed E-state index contributed by atoms with van der Waals surface area (Å²) in [4.78, 5) is 11.7. The topological polar surface area (TPSA) is 76.4 Å². The van der Waals surface area contributed by atoms with Gasteiger partial charge < -0.3 is 21.1 Å². The monoisotopic (exact) mass is 249 g/mol. The normalized spacial score (nSPS) is 18.6. The summed E-state index contributed by atoms with van der Waals surface area (Å²) in [6.07, 6.45) is 2.41. The highest BCUT2D eigenvalue weighted by molar-refractivity contribution is 6.00. The highest BCUT2D eigenvalue weighted by Crippen LogP contribution is 2.20. The van der Waals surface area contributed by atoms with Gasteiger partial charge in [-0.25, -0.2) is 0 Å². The molecule has 1 heterocycles. The molecule has 5 heteroatoms. The first-order chi connectivity index (χ1) is 8.70. The first-order valence-corrected chi connectivity index (χ1v) is 6.18. The number of ether oxygens (including phenoxy) is 1. The van der Waals surface area contributed by atoms with Crippen LogP contribution in [0.1, 0.15) is 23.2 Å². The Morgan fingerprint density at radius 2 is 2.39 bits per heavy atom. The predicted molar refractivity (Wildman–Crippen MR) is 71.7 cm³/mol. The van der Waals surface area contributed by atoms with E-state index in [1.165, 1.54) is 0 Å². The molecule has 1 aromatic rings. The van der Waals surface area contributed by atoms with Crippen LogP contribution < -0.4 is 16.4 Å². The van der Waals surface area contributed by atoms with Crippen molar-refractivity contribution < 1.29 is 9.53 Å². The van der Waals surface area contributed by atoms with Crippen molar-refractivity contribution in [2.45, 2.75) is 18.9 Å². The summed E-state index contributed by atoms with van der Waals surface area (Å²) < 4.78 is 5.54. The van der Waals surface area contributed by atoms with E-state index in [-0.39, 0.29) is 12.0 Å². The first-order valence-electron chi connectivity index (χ1n) is 6.18. The third-order valence-electron chi connectivity index (χ3n) is 3.06. The fourth-order valence-corrected chi connectivity index (χ4v) is 2.07. The average molecular weight is 249 g/mol. The van der Waals surface area contributed by atoms with Crippen molar-refractivity contribution in [1.82, 2.24) is 5.32 Å². The number of carbonyl (C=O) groups excluding carboxylic acids is 1. The number of hydrogen-bond acceptors (Lipinski definition) is 4. The van der Waals surface area contributed by atoms with E-state index in [2.05, 4.69) is 10.6 Å². The van der Waals surface area contributed by atoms with Crippen LogP contribution in [0.15, 0.2) is 18.2 Å². The summed E-state index contributed by atoms with van der Waals surface area (Å²) in [5.41, 5.74) is 7.64. The van der Waals surface area contributed by atoms with E-state index in [4.69, 9.17) is 10.5 Å². The number of carbonyl (C=O) groups is 1. The average Bonchev–Trinajstić information content (AvgIpc) is 2.89. The largest absolute Gasteiger partial charge is 0.399 e. The van der Waals surface area contributed by atoms with Gasteiger partial charge in [0.15, 0.2) is 0 Å². The number of anilines is 2. The molecule has 18 heavy (non-hydrogen) atoms. The first kappa shape index (κ1) is 12.7. The van der Waals surface area contributed by atoms with E-state index in [1.54, 1.807) is 19.2 Å². The van der Waals surface area contributed by atoms with E-state index in [1.807, 2.05) is 6.07 Å². The van der Waals surface area contributed by atoms with Crippen LogP contribution in [0.25, 0.3) is 0 Å². The van der Waals surface area contributed by atoms with Crippen LogP contribution >= 0.6 is 0 Å². The van der Waals surface area contributed by atoms with Crippen molar-refractivity contribution in [2.75, 3.05) is 31.2 Å². The van der Waals surface area contributed by atoms with Gasteiger partial charge in [-0.3, -0.25) is 4.79 Å². The van der Waals surface area contributed by atoms with Gasteiger partial charge in [0.05, 0.1) is 11.7 Å². The third-order valence-corrected chi connectivity index (χ3v) is 3.06. The molecule has 1 saturated heterocycles. The molecule has 0 spiro atoms. The Hall–Kier alpha value is -1.75. The lowest BCUT2D eigenvalue weighted by molar-refractivity contribution is 0.0963. The van der Waals surface area contributed by atoms with Gasteiger partial charge >= 0.3 is 0 Å². The lowest BCUT2D eigenvalue weighted by Gasteiger charge is -2.15. The summed E-state index contributed by atoms with van der Waals surface area (Å²) >= 11 is 0. The fourth-order valence-electron chi connectivity index (χ4n) is 2.07. The van der Waals surface area contributed by atoms with Gasteiger partial charge in [-0.2, -0.15) is 0 Å². The zero-order valence-electron chi connectivity index (χ0n) is 10.5. The number of rotatable bonds is 4. The maximum atomic E-state index is 11.7. The molecular formula is C13H19N3O2. The molecule has 0 aromatic heterocycles. The summed E-state index contributed by atoms with van der Waals surface area (Å²) in [6.45, 7) is 1.55. The van der Waals surface area contributed by atoms with Gasteiger partial charge in [-0.1, -0.05) is 0 Å². The van der Waals surface area contributed by atoms with Crippen molar-refractivity contribution in [2.24, 2.45) is 0 Å². The number of nitrogen functional groups attached to an aromatic ring is 1. The van der Waals surface area contributed by atoms with Crippen LogP contribution in [-0.2, 0) is 4.74 Å². The van der Waals surface area contributed by atoms with Crippen LogP contribution in [0, 0.1) is 0 Å². The summed E-state index contributed by atoms with van der Waals surface area (Å²) in [5, 5.41) is 5.87. The van der Waals surface area contributed by atoms with Gasteiger partial charge in [0.1, 0.15) is 0 Å². The van der Waals surface area contributed by atoms with Crippen molar-refractivity contribution >= 4 is 17.3 Å². The van der Waals surface area contributed by atoms with Crippen molar-refractivity contribution in [3.05, 3.63) is 23.8 Å². The Kier molecular flexibility index (Phi) is 4.04. The number of amides is 1. The van der Waals surface area contributed by atoms with Crippen LogP contribution in [0.3, 0.4) is 0 Å². The van der Waals surface area contributed by atoms with E-state index in [9.17, 15) is 4.79 Å². The third kappa shape index (κ3) is 2.92. The minimum absolute atomic E-state index is 0.142. The van der Waals surface area contributed by atoms with Gasteiger partial charge in [0.25, 0.3) is 5.91 Å². The van der Waals surface area contributed by atoms with Crippen molar-refractivity contribution in [1.29, 1.82) is 0 Å². The number of hydrogen-bond donors (Lipinski definition) is 3. The molecule has 4 N–H and O–H groups in total. The Morgan fingerprint density at radius 1 is 1.56 bits per heavy atom. The number of nitrogens with two attached hydrogens (primary N) is 1. The van der Waals surface area contributed by atoms with Gasteiger partial charge in [0, 0.05) is 31.6 Å². The van der Waals surface area contributed by atoms with Crippen LogP contribution in [-0.4, -0.2) is 32.2 Å². The molecule has 1 aliphatic rings. The zero-order chi connectivity index (χ0) is 13.0. The van der Waals surface area contributed by atoms with Gasteiger partial charge in [-0.05, 0) is 31.0 Å². The minimum atomic E-state index is -0.142. The lowest BCUT2D eigenvalue weighted by atomic mass is 10.1. The maximum Gasteiger partial charge on any atom is 0.253 e. The highest BCUT2D eigenvalue weighted by atomic mass is 16.5. The molecule has 1 unspecified atom stereocenters. The van der Waals surface area contributed by atoms with E-state index >= 15 is 0 Å². The molecule has 0 bridgehead atoms. The highest BCUT2D eigenvalue weighted by Gasteiger charge is 2.16. The van der Waals surface area contributed by atoms with Gasteiger partial charge in [-0.15, -0.1) is 0 Å². The summed E-state index contributed by atoms with van der Waals surface area (Å²) in [5.74, 6) is -0.142. The molecule has 1 amide bonds. The standard InChI is InChI=1S/C13H19N3O2/c1-15-13(17)11-7-9(14)4-5-12(11)16-8-10-3-2-6-18-10/h4-5,7,10,16H,2-3,6,8,14H2,1H3,(H,15,17).